The van der Waals surface area contributed by atoms with E-state index in [9.17, 15) is 53.9 Å². The number of aromatic nitrogens is 3. The predicted molar refractivity (Wildman–Crippen MR) is 384 cm³/mol. The van der Waals surface area contributed by atoms with Crippen LogP contribution in [0.4, 0.5) is 72.0 Å². The van der Waals surface area contributed by atoms with Crippen LogP contribution in [-0.2, 0) is 0 Å². The summed E-state index contributed by atoms with van der Waals surface area (Å²) in [5, 5.41) is 12.6. The number of carbonyl (C=O) groups excluding carboxylic acids is 3. The summed E-state index contributed by atoms with van der Waals surface area (Å²) in [6.45, 7) is 21.8. The second kappa shape index (κ2) is 36.8. The van der Waals surface area contributed by atoms with E-state index in [1.54, 1.807) is 70.7 Å². The van der Waals surface area contributed by atoms with Gasteiger partial charge in [-0.15, -0.1) is 46.4 Å². The van der Waals surface area contributed by atoms with E-state index in [4.69, 9.17) is 17.3 Å². The van der Waals surface area contributed by atoms with Crippen LogP contribution in [-0.4, -0.2) is 95.8 Å². The maximum absolute atomic E-state index is 13.8. The van der Waals surface area contributed by atoms with E-state index in [1.807, 2.05) is 58.7 Å². The first-order valence-corrected chi connectivity index (χ1v) is 34.0. The zero-order chi connectivity index (χ0) is 70.7. The van der Waals surface area contributed by atoms with E-state index in [0.717, 1.165) is 90.7 Å². The maximum Gasteiger partial charge on any atom is 0.261 e. The Balaban J connectivity index is 0.000000187. The van der Waals surface area contributed by atoms with Gasteiger partial charge in [0.2, 0.25) is 0 Å². The minimum absolute atomic E-state index is 0. The van der Waals surface area contributed by atoms with Crippen molar-refractivity contribution >= 4 is 124 Å². The highest BCUT2D eigenvalue weighted by molar-refractivity contribution is 7.14. The van der Waals surface area contributed by atoms with Crippen molar-refractivity contribution in [3.8, 4) is 0 Å². The van der Waals surface area contributed by atoms with E-state index < -0.39 is 86.1 Å². The van der Waals surface area contributed by atoms with Crippen LogP contribution in [0.15, 0.2) is 161 Å². The highest BCUT2D eigenvalue weighted by atomic mass is 35.5. The fourth-order valence-electron chi connectivity index (χ4n) is 10.7. The third-order valence-corrected chi connectivity index (χ3v) is 18.9. The SMILES string of the molecule is CC1=C(c2ccc(N)cc2)CN(c2nccs2)CC1.CC1=C(c2ccc(NC(=O)c3c(F)cc(F)cc3F)cc2)CN(c2nccs2)CC1.CC1=C(c2ccc(NC(=O)c3c(F)cc(F)cc3F)cc2)CN(c2nccs2)CC1.CCN(CC)CC.Cl.O=C(Cl)c1c(F)cc(F)cc1F. The summed E-state index contributed by atoms with van der Waals surface area (Å²) in [5.41, 5.74) is 15.9. The van der Waals surface area contributed by atoms with Crippen LogP contribution in [0.2, 0.25) is 0 Å². The molecule has 3 aliphatic rings. The molecule has 0 unspecified atom stereocenters. The van der Waals surface area contributed by atoms with Crippen LogP contribution < -0.4 is 31.1 Å². The number of halogens is 11. The summed E-state index contributed by atoms with van der Waals surface area (Å²) in [6, 6.07) is 25.0. The number of thiazole rings is 3. The molecule has 13 nitrogen and oxygen atoms in total. The van der Waals surface area contributed by atoms with Crippen LogP contribution in [0.5, 0.6) is 0 Å². The van der Waals surface area contributed by atoms with Crippen molar-refractivity contribution in [3.05, 3.63) is 246 Å². The van der Waals surface area contributed by atoms with Gasteiger partial charge in [-0.3, -0.25) is 14.4 Å². The number of amides is 2. The molecule has 3 aliphatic heterocycles. The summed E-state index contributed by atoms with van der Waals surface area (Å²) in [6.07, 6.45) is 8.39. The minimum atomic E-state index is -1.30. The van der Waals surface area contributed by atoms with Crippen molar-refractivity contribution in [3.63, 3.8) is 0 Å². The number of nitrogens with two attached hydrogens (primary N) is 1. The molecule has 0 radical (unpaired) electrons. The van der Waals surface area contributed by atoms with E-state index >= 15 is 0 Å². The molecule has 0 saturated heterocycles. The van der Waals surface area contributed by atoms with Crippen molar-refractivity contribution in [1.29, 1.82) is 0 Å². The molecule has 3 aromatic heterocycles. The lowest BCUT2D eigenvalue weighted by atomic mass is 9.95. The van der Waals surface area contributed by atoms with E-state index in [-0.39, 0.29) is 12.4 Å². The molecule has 2 amide bonds. The van der Waals surface area contributed by atoms with Crippen LogP contribution in [0.25, 0.3) is 16.7 Å². The fourth-order valence-corrected chi connectivity index (χ4v) is 12.9. The second-order valence-corrected chi connectivity index (χ2v) is 25.5. The Morgan fingerprint density at radius 2 is 0.737 bits per heavy atom. The standard InChI is InChI=1S/2C22H18F3N3OS.C15H17N3S.C7H2ClF3O.C6H15N.ClH/c2*1-13-6-8-28(22-26-7-9-30-22)12-17(13)14-2-4-16(5-3-14)27-21(29)20-18(24)10-15(23)11-19(20)25;1-11-6-8-18(15-17-7-9-19-15)10-14(11)12-2-4-13(16)5-3-12;8-7(12)6-4(10)1-3(9)2-5(6)11;1-4-7(5-2)6-3;/h2*2-5,7,9-11H,6,8,12H2,1H3,(H,27,29);2-5,7,9H,6,8,10,16H2,1H3;1-2H;4-6H2,1-3H3;1H. The van der Waals surface area contributed by atoms with Gasteiger partial charge in [0.15, 0.2) is 15.4 Å². The van der Waals surface area contributed by atoms with Crippen LogP contribution >= 0.6 is 58.0 Å². The highest BCUT2D eigenvalue weighted by Crippen LogP contribution is 2.35. The van der Waals surface area contributed by atoms with Gasteiger partial charge >= 0.3 is 0 Å². The molecule has 9 aromatic rings. The van der Waals surface area contributed by atoms with Crippen molar-refractivity contribution < 1.29 is 53.9 Å². The monoisotopic (exact) mass is 1460 g/mol. The van der Waals surface area contributed by atoms with Crippen LogP contribution in [0.1, 0.15) is 109 Å². The number of nitrogens with zero attached hydrogens (tertiary/aromatic N) is 7. The second-order valence-electron chi connectivity index (χ2n) is 22.5. The number of hydrogen-bond donors (Lipinski definition) is 3. The molecular weight excluding hydrogens is 1390 g/mol. The molecule has 27 heteroatoms. The lowest BCUT2D eigenvalue weighted by Crippen LogP contribution is -2.30. The third-order valence-electron chi connectivity index (χ3n) is 16.2. The summed E-state index contributed by atoms with van der Waals surface area (Å²) < 4.78 is 119. The Morgan fingerprint density at radius 3 is 0.980 bits per heavy atom. The first-order valence-electron chi connectivity index (χ1n) is 31.0. The molecule has 6 heterocycles. The van der Waals surface area contributed by atoms with Gasteiger partial charge in [0, 0.05) is 127 Å². The van der Waals surface area contributed by atoms with Gasteiger partial charge in [-0.1, -0.05) is 73.9 Å². The van der Waals surface area contributed by atoms with Crippen molar-refractivity contribution in [2.75, 3.05) is 90.0 Å². The fraction of sp³-hybridized carbons (Fsp3) is 0.250. The number of benzene rings is 6. The Kier molecular flexibility index (Phi) is 28.8. The van der Waals surface area contributed by atoms with Gasteiger partial charge in [0.05, 0.1) is 0 Å². The summed E-state index contributed by atoms with van der Waals surface area (Å²) in [4.78, 5) is 57.2. The van der Waals surface area contributed by atoms with Gasteiger partial charge in [0.1, 0.15) is 69.0 Å². The first kappa shape index (κ1) is 77.5. The molecular formula is C72H71Cl2F9N10O3S3. The lowest BCUT2D eigenvalue weighted by molar-refractivity contribution is 0.101. The zero-order valence-corrected chi connectivity index (χ0v) is 58.7. The average Bonchev–Trinajstić information content (AvgIpc) is 1.45. The van der Waals surface area contributed by atoms with Crippen LogP contribution in [0, 0.1) is 52.4 Å². The minimum Gasteiger partial charge on any atom is -0.399 e. The largest absolute Gasteiger partial charge is 0.399 e. The van der Waals surface area contributed by atoms with Gasteiger partial charge in [-0.2, -0.15) is 0 Å². The van der Waals surface area contributed by atoms with Crippen molar-refractivity contribution in [1.82, 2.24) is 19.9 Å². The number of nitrogen functional groups attached to an aromatic ring is 1. The Hall–Kier alpha value is -8.85. The molecule has 0 bridgehead atoms. The molecule has 0 spiro atoms. The molecule has 4 N–H and O–H groups in total. The third kappa shape index (κ3) is 21.1. The topological polar surface area (TPSA) is 153 Å². The average molecular weight is 1460 g/mol. The number of hydrogen-bond acceptors (Lipinski definition) is 14. The Morgan fingerprint density at radius 1 is 0.465 bits per heavy atom. The molecule has 0 aliphatic carbocycles. The van der Waals surface area contributed by atoms with Gasteiger partial charge in [0.25, 0.3) is 17.1 Å². The number of rotatable bonds is 14. The van der Waals surface area contributed by atoms with Crippen LogP contribution in [0.3, 0.4) is 0 Å². The van der Waals surface area contributed by atoms with Gasteiger partial charge in [-0.05, 0) is 141 Å². The quantitative estimate of drug-likeness (QED) is 0.0542. The Labute approximate surface area is 591 Å². The van der Waals surface area contributed by atoms with E-state index in [0.29, 0.717) is 47.8 Å². The summed E-state index contributed by atoms with van der Waals surface area (Å²) in [7, 11) is 0. The summed E-state index contributed by atoms with van der Waals surface area (Å²) in [5.74, 6) is -12.8. The van der Waals surface area contributed by atoms with Crippen molar-refractivity contribution in [2.45, 2.75) is 60.8 Å². The molecule has 99 heavy (non-hydrogen) atoms. The smallest absolute Gasteiger partial charge is 0.261 e. The molecule has 0 atom stereocenters. The van der Waals surface area contributed by atoms with E-state index in [2.05, 4.69) is 98.9 Å². The first-order chi connectivity index (χ1) is 46.9. The Bertz CT molecular complexity index is 4040. The molecule has 522 valence electrons. The molecule has 12 rings (SSSR count). The number of nitrogens with one attached hydrogen (secondary N) is 2. The van der Waals surface area contributed by atoms with Crippen molar-refractivity contribution in [2.24, 2.45) is 0 Å². The number of anilines is 6. The molecule has 0 saturated carbocycles. The maximum atomic E-state index is 13.8. The van der Waals surface area contributed by atoms with Gasteiger partial charge < -0.3 is 36.0 Å². The predicted octanol–water partition coefficient (Wildman–Crippen LogP) is 18.7. The molecule has 6 aromatic carbocycles. The molecule has 0 fully saturated rings. The number of carbonyl (C=O) groups is 3. The normalized spacial score (nSPS) is 13.6. The van der Waals surface area contributed by atoms with E-state index in [1.165, 1.54) is 58.6 Å². The summed E-state index contributed by atoms with van der Waals surface area (Å²) >= 11 is 9.72. The lowest BCUT2D eigenvalue weighted by Gasteiger charge is -2.30. The zero-order valence-electron chi connectivity index (χ0n) is 54.7. The van der Waals surface area contributed by atoms with Gasteiger partial charge in [-0.25, -0.2) is 54.5 Å². The highest BCUT2D eigenvalue weighted by Gasteiger charge is 2.26.